The summed E-state index contributed by atoms with van der Waals surface area (Å²) in [6.07, 6.45) is 1.94. The number of benzene rings is 1. The number of anilines is 1. The molecule has 0 spiro atoms. The number of nitro benzene ring substituents is 1. The maximum absolute atomic E-state index is 12.6. The Hall–Kier alpha value is -3.17. The van der Waals surface area contributed by atoms with Crippen LogP contribution in [0.1, 0.15) is 37.0 Å². The van der Waals surface area contributed by atoms with Crippen LogP contribution in [0.15, 0.2) is 18.2 Å². The van der Waals surface area contributed by atoms with Gasteiger partial charge in [0, 0.05) is 45.4 Å². The zero-order chi connectivity index (χ0) is 22.3. The Morgan fingerprint density at radius 1 is 1.13 bits per heavy atom. The van der Waals surface area contributed by atoms with Crippen LogP contribution >= 0.6 is 0 Å². The van der Waals surface area contributed by atoms with E-state index in [1.54, 1.807) is 4.90 Å². The molecule has 1 aliphatic rings. The molecule has 0 radical (unpaired) electrons. The van der Waals surface area contributed by atoms with Crippen LogP contribution in [0.3, 0.4) is 0 Å². The number of carbonyl (C=O) groups is 3. The molecule has 1 aliphatic heterocycles. The number of carbonyl (C=O) groups excluding carboxylic acids is 3. The number of esters is 1. The standard InChI is InChI=1S/C20H28N4O6/c1-4-22(5-2)18(25)13-21(3)19(26)14-30-20(27)16-12-15(24(28)29)8-9-17(16)23-10-6-7-11-23/h8-9,12H,4-7,10-11,13-14H2,1-3H3. The molecule has 1 fully saturated rings. The Bertz CT molecular complexity index is 802. The molecule has 10 nitrogen and oxygen atoms in total. The molecule has 0 unspecified atom stereocenters. The smallest absolute Gasteiger partial charge is 0.341 e. The third-order valence-electron chi connectivity index (χ3n) is 5.10. The average molecular weight is 420 g/mol. The van der Waals surface area contributed by atoms with Crippen molar-refractivity contribution in [2.75, 3.05) is 51.3 Å². The van der Waals surface area contributed by atoms with Crippen molar-refractivity contribution < 1.29 is 24.0 Å². The van der Waals surface area contributed by atoms with Gasteiger partial charge in [-0.1, -0.05) is 0 Å². The van der Waals surface area contributed by atoms with Gasteiger partial charge in [0.2, 0.25) is 5.91 Å². The molecule has 0 aromatic heterocycles. The highest BCUT2D eigenvalue weighted by Crippen LogP contribution is 2.29. The summed E-state index contributed by atoms with van der Waals surface area (Å²) < 4.78 is 5.14. The van der Waals surface area contributed by atoms with Crippen LogP contribution in [0.25, 0.3) is 0 Å². The molecule has 30 heavy (non-hydrogen) atoms. The van der Waals surface area contributed by atoms with E-state index in [0.717, 1.165) is 25.9 Å². The third kappa shape index (κ3) is 5.68. The largest absolute Gasteiger partial charge is 0.452 e. The Kier molecular flexibility index (Phi) is 8.14. The summed E-state index contributed by atoms with van der Waals surface area (Å²) in [5.41, 5.74) is 0.388. The van der Waals surface area contributed by atoms with Crippen LogP contribution in [0.2, 0.25) is 0 Å². The second-order valence-electron chi connectivity index (χ2n) is 7.04. The van der Waals surface area contributed by atoms with Crippen LogP contribution < -0.4 is 4.90 Å². The minimum atomic E-state index is -0.808. The SMILES string of the molecule is CCN(CC)C(=O)CN(C)C(=O)COC(=O)c1cc([N+](=O)[O-])ccc1N1CCCC1. The normalized spacial score (nSPS) is 13.1. The molecule has 0 N–H and O–H groups in total. The minimum absolute atomic E-state index is 0.0563. The van der Waals surface area contributed by atoms with Crippen LogP contribution in [-0.4, -0.2) is 78.9 Å². The number of rotatable bonds is 9. The molecule has 164 valence electrons. The maximum atomic E-state index is 12.6. The first-order valence-electron chi connectivity index (χ1n) is 10.0. The molecule has 1 heterocycles. The summed E-state index contributed by atoms with van der Waals surface area (Å²) in [4.78, 5) is 52.3. The fourth-order valence-corrected chi connectivity index (χ4v) is 3.32. The van der Waals surface area contributed by atoms with E-state index in [-0.39, 0.29) is 23.7 Å². The van der Waals surface area contributed by atoms with Gasteiger partial charge in [-0.3, -0.25) is 19.7 Å². The molecule has 0 atom stereocenters. The number of ether oxygens (including phenoxy) is 1. The molecule has 1 saturated heterocycles. The number of hydrogen-bond donors (Lipinski definition) is 0. The molecule has 1 aromatic rings. The first-order valence-corrected chi connectivity index (χ1v) is 10.0. The van der Waals surface area contributed by atoms with Crippen molar-refractivity contribution in [3.63, 3.8) is 0 Å². The summed E-state index contributed by atoms with van der Waals surface area (Å²) in [5.74, 6) is -1.54. The van der Waals surface area contributed by atoms with Crippen LogP contribution in [0, 0.1) is 10.1 Å². The summed E-state index contributed by atoms with van der Waals surface area (Å²) in [5, 5.41) is 11.1. The molecule has 0 saturated carbocycles. The summed E-state index contributed by atoms with van der Waals surface area (Å²) in [7, 11) is 1.46. The van der Waals surface area contributed by atoms with Gasteiger partial charge >= 0.3 is 5.97 Å². The Morgan fingerprint density at radius 3 is 2.33 bits per heavy atom. The highest BCUT2D eigenvalue weighted by atomic mass is 16.6. The highest BCUT2D eigenvalue weighted by Gasteiger charge is 2.25. The van der Waals surface area contributed by atoms with Crippen molar-refractivity contribution >= 4 is 29.2 Å². The van der Waals surface area contributed by atoms with Gasteiger partial charge in [0.1, 0.15) is 0 Å². The number of nitro groups is 1. The van der Waals surface area contributed by atoms with Crippen molar-refractivity contribution in [1.29, 1.82) is 0 Å². The lowest BCUT2D eigenvalue weighted by Crippen LogP contribution is -2.42. The van der Waals surface area contributed by atoms with Gasteiger partial charge in [-0.15, -0.1) is 0 Å². The monoisotopic (exact) mass is 420 g/mol. The fourth-order valence-electron chi connectivity index (χ4n) is 3.32. The first-order chi connectivity index (χ1) is 14.3. The van der Waals surface area contributed by atoms with E-state index in [1.165, 1.54) is 30.1 Å². The van der Waals surface area contributed by atoms with Crippen molar-refractivity contribution in [3.8, 4) is 0 Å². The van der Waals surface area contributed by atoms with E-state index in [2.05, 4.69) is 0 Å². The number of nitrogens with zero attached hydrogens (tertiary/aromatic N) is 4. The van der Waals surface area contributed by atoms with Crippen molar-refractivity contribution in [2.24, 2.45) is 0 Å². The number of non-ortho nitro benzene ring substituents is 1. The average Bonchev–Trinajstić information content (AvgIpc) is 3.26. The Morgan fingerprint density at radius 2 is 1.77 bits per heavy atom. The zero-order valence-electron chi connectivity index (χ0n) is 17.6. The minimum Gasteiger partial charge on any atom is -0.452 e. The topological polar surface area (TPSA) is 113 Å². The lowest BCUT2D eigenvalue weighted by atomic mass is 10.1. The molecule has 1 aromatic carbocycles. The van der Waals surface area contributed by atoms with E-state index < -0.39 is 23.4 Å². The molecule has 0 aliphatic carbocycles. The lowest BCUT2D eigenvalue weighted by molar-refractivity contribution is -0.384. The lowest BCUT2D eigenvalue weighted by Gasteiger charge is -2.23. The second-order valence-corrected chi connectivity index (χ2v) is 7.04. The van der Waals surface area contributed by atoms with E-state index in [0.29, 0.717) is 18.8 Å². The van der Waals surface area contributed by atoms with Gasteiger partial charge < -0.3 is 19.4 Å². The predicted molar refractivity (Wildman–Crippen MR) is 110 cm³/mol. The first kappa shape index (κ1) is 23.1. The number of likely N-dealkylation sites (N-methyl/N-ethyl adjacent to an activating group) is 2. The zero-order valence-corrected chi connectivity index (χ0v) is 17.6. The van der Waals surface area contributed by atoms with Gasteiger partial charge in [0.25, 0.3) is 11.6 Å². The van der Waals surface area contributed by atoms with E-state index in [1.807, 2.05) is 18.7 Å². The van der Waals surface area contributed by atoms with Gasteiger partial charge in [-0.05, 0) is 32.8 Å². The summed E-state index contributed by atoms with van der Waals surface area (Å²) >= 11 is 0. The summed E-state index contributed by atoms with van der Waals surface area (Å²) in [6, 6.07) is 4.06. The van der Waals surface area contributed by atoms with Gasteiger partial charge in [-0.2, -0.15) is 0 Å². The quantitative estimate of drug-likeness (QED) is 0.339. The molecule has 2 rings (SSSR count). The highest BCUT2D eigenvalue weighted by molar-refractivity contribution is 5.98. The van der Waals surface area contributed by atoms with Crippen molar-refractivity contribution in [1.82, 2.24) is 9.80 Å². The second kappa shape index (κ2) is 10.6. The van der Waals surface area contributed by atoms with Crippen LogP contribution in [0.4, 0.5) is 11.4 Å². The molecule has 0 bridgehead atoms. The van der Waals surface area contributed by atoms with Crippen LogP contribution in [0.5, 0.6) is 0 Å². The molecular formula is C20H28N4O6. The van der Waals surface area contributed by atoms with Gasteiger partial charge in [0.15, 0.2) is 6.61 Å². The molecule has 2 amide bonds. The number of amides is 2. The molecular weight excluding hydrogens is 392 g/mol. The third-order valence-corrected chi connectivity index (χ3v) is 5.10. The fraction of sp³-hybridized carbons (Fsp3) is 0.550. The molecule has 10 heteroatoms. The van der Waals surface area contributed by atoms with E-state index in [9.17, 15) is 24.5 Å². The maximum Gasteiger partial charge on any atom is 0.341 e. The van der Waals surface area contributed by atoms with E-state index >= 15 is 0 Å². The Balaban J connectivity index is 2.06. The van der Waals surface area contributed by atoms with Crippen LogP contribution in [-0.2, 0) is 14.3 Å². The predicted octanol–water partition coefficient (Wildman–Crippen LogP) is 1.68. The van der Waals surface area contributed by atoms with Crippen molar-refractivity contribution in [3.05, 3.63) is 33.9 Å². The Labute approximate surface area is 175 Å². The summed E-state index contributed by atoms with van der Waals surface area (Å²) in [6.45, 7) is 5.60. The van der Waals surface area contributed by atoms with Crippen molar-refractivity contribution in [2.45, 2.75) is 26.7 Å². The van der Waals surface area contributed by atoms with Gasteiger partial charge in [-0.25, -0.2) is 4.79 Å². The van der Waals surface area contributed by atoms with Gasteiger partial charge in [0.05, 0.1) is 22.7 Å². The van der Waals surface area contributed by atoms with E-state index in [4.69, 9.17) is 4.74 Å². The number of hydrogen-bond acceptors (Lipinski definition) is 7.